The third-order valence-electron chi connectivity index (χ3n) is 5.85. The Balaban J connectivity index is 1.57. The highest BCUT2D eigenvalue weighted by molar-refractivity contribution is 6.31. The van der Waals surface area contributed by atoms with E-state index in [1.807, 2.05) is 18.2 Å². The summed E-state index contributed by atoms with van der Waals surface area (Å²) in [7, 11) is 0. The summed E-state index contributed by atoms with van der Waals surface area (Å²) in [6.07, 6.45) is 1.98. The number of carbonyl (C=O) groups excluding carboxylic acids is 1. The number of benzene rings is 3. The van der Waals surface area contributed by atoms with Crippen molar-refractivity contribution in [2.24, 2.45) is 0 Å². The summed E-state index contributed by atoms with van der Waals surface area (Å²) in [6.45, 7) is 0. The van der Waals surface area contributed by atoms with E-state index in [1.54, 1.807) is 30.3 Å². The average molecular weight is 488 g/mol. The van der Waals surface area contributed by atoms with Crippen molar-refractivity contribution in [2.75, 3.05) is 0 Å². The summed E-state index contributed by atoms with van der Waals surface area (Å²) in [6, 6.07) is 18.0. The molecule has 0 spiro atoms. The number of aliphatic hydroxyl groups is 1. The van der Waals surface area contributed by atoms with Gasteiger partial charge in [0.25, 0.3) is 5.91 Å². The van der Waals surface area contributed by atoms with Gasteiger partial charge in [-0.2, -0.15) is 0 Å². The van der Waals surface area contributed by atoms with Crippen LogP contribution in [-0.4, -0.2) is 23.2 Å². The van der Waals surface area contributed by atoms with Crippen LogP contribution in [0.3, 0.4) is 0 Å². The van der Waals surface area contributed by atoms with Gasteiger partial charge >= 0.3 is 0 Å². The fourth-order valence-electron chi connectivity index (χ4n) is 4.03. The quantitative estimate of drug-likeness (QED) is 0.426. The molecular weight excluding hydrogens is 464 g/mol. The van der Waals surface area contributed by atoms with E-state index in [0.29, 0.717) is 28.5 Å². The Morgan fingerprint density at radius 3 is 2.45 bits per heavy atom. The number of hydrogen-bond acceptors (Lipinski definition) is 3. The average Bonchev–Trinajstić information content (AvgIpc) is 2.81. The first-order valence-corrected chi connectivity index (χ1v) is 11.6. The summed E-state index contributed by atoms with van der Waals surface area (Å²) in [5.41, 5.74) is 1.59. The summed E-state index contributed by atoms with van der Waals surface area (Å²) in [5.74, 6) is -1.10. The number of amides is 1. The Labute approximate surface area is 202 Å². The van der Waals surface area contributed by atoms with Crippen LogP contribution in [0.15, 0.2) is 66.7 Å². The zero-order chi connectivity index (χ0) is 23.4. The molecule has 33 heavy (non-hydrogen) atoms. The van der Waals surface area contributed by atoms with Crippen molar-refractivity contribution in [1.82, 2.24) is 5.32 Å². The molecule has 1 aliphatic carbocycles. The maximum absolute atomic E-state index is 15.0. The Kier molecular flexibility index (Phi) is 7.53. The van der Waals surface area contributed by atoms with E-state index in [-0.39, 0.29) is 17.4 Å². The van der Waals surface area contributed by atoms with E-state index < -0.39 is 23.9 Å². The normalized spacial score (nSPS) is 19.0. The highest BCUT2D eigenvalue weighted by Gasteiger charge is 2.26. The van der Waals surface area contributed by atoms with Gasteiger partial charge in [-0.1, -0.05) is 66.4 Å². The van der Waals surface area contributed by atoms with Gasteiger partial charge in [-0.15, -0.1) is 0 Å². The Morgan fingerprint density at radius 1 is 1.03 bits per heavy atom. The molecule has 3 atom stereocenters. The molecule has 3 unspecified atom stereocenters. The molecule has 7 heteroatoms. The molecule has 1 fully saturated rings. The smallest absolute Gasteiger partial charge is 0.251 e. The predicted molar refractivity (Wildman–Crippen MR) is 128 cm³/mol. The number of carbonyl (C=O) groups is 1. The minimum Gasteiger partial charge on any atom is -0.478 e. The Morgan fingerprint density at radius 2 is 1.76 bits per heavy atom. The molecule has 2 N–H and O–H groups in total. The first-order chi connectivity index (χ1) is 15.9. The maximum Gasteiger partial charge on any atom is 0.251 e. The lowest BCUT2D eigenvalue weighted by molar-refractivity contribution is 0.0717. The van der Waals surface area contributed by atoms with Crippen molar-refractivity contribution >= 4 is 29.1 Å². The van der Waals surface area contributed by atoms with E-state index in [1.165, 1.54) is 12.1 Å². The summed E-state index contributed by atoms with van der Waals surface area (Å²) >= 11 is 12.4. The van der Waals surface area contributed by atoms with E-state index in [4.69, 9.17) is 27.9 Å². The molecule has 0 radical (unpaired) electrons. The van der Waals surface area contributed by atoms with Gasteiger partial charge in [-0.25, -0.2) is 4.39 Å². The van der Waals surface area contributed by atoms with Gasteiger partial charge in [0.2, 0.25) is 0 Å². The topological polar surface area (TPSA) is 58.6 Å². The van der Waals surface area contributed by atoms with E-state index >= 15 is 4.39 Å². The van der Waals surface area contributed by atoms with Crippen LogP contribution < -0.4 is 10.1 Å². The van der Waals surface area contributed by atoms with Crippen molar-refractivity contribution < 1.29 is 19.0 Å². The molecule has 0 saturated heterocycles. The molecule has 3 aromatic carbocycles. The fourth-order valence-corrected chi connectivity index (χ4v) is 4.39. The van der Waals surface area contributed by atoms with Gasteiger partial charge in [0, 0.05) is 21.2 Å². The Bertz CT molecular complexity index is 1120. The van der Waals surface area contributed by atoms with Gasteiger partial charge in [-0.05, 0) is 54.8 Å². The van der Waals surface area contributed by atoms with Crippen LogP contribution in [-0.2, 0) is 0 Å². The maximum atomic E-state index is 15.0. The van der Waals surface area contributed by atoms with Gasteiger partial charge in [0.1, 0.15) is 0 Å². The van der Waals surface area contributed by atoms with Crippen molar-refractivity contribution in [1.29, 1.82) is 0 Å². The monoisotopic (exact) mass is 487 g/mol. The predicted octanol–water partition coefficient (Wildman–Crippen LogP) is 6.33. The number of nitrogens with one attached hydrogen (secondary N) is 1. The van der Waals surface area contributed by atoms with Gasteiger partial charge in [0.05, 0.1) is 12.1 Å². The van der Waals surface area contributed by atoms with Crippen LogP contribution in [0.5, 0.6) is 5.75 Å². The van der Waals surface area contributed by atoms with Crippen molar-refractivity contribution in [3.63, 3.8) is 0 Å². The second kappa shape index (κ2) is 10.6. The molecule has 0 aliphatic heterocycles. The Hall–Kier alpha value is -2.60. The van der Waals surface area contributed by atoms with Gasteiger partial charge in [0.15, 0.2) is 17.7 Å². The number of hydrogen-bond donors (Lipinski definition) is 2. The van der Waals surface area contributed by atoms with Crippen molar-refractivity contribution in [3.05, 3.63) is 99.3 Å². The van der Waals surface area contributed by atoms with Crippen LogP contribution in [0.4, 0.5) is 4.39 Å². The molecule has 1 amide bonds. The van der Waals surface area contributed by atoms with Gasteiger partial charge in [-0.3, -0.25) is 4.79 Å². The third-order valence-corrected chi connectivity index (χ3v) is 6.44. The van der Waals surface area contributed by atoms with Crippen LogP contribution in [0.25, 0.3) is 0 Å². The fraction of sp³-hybridized carbons (Fsp3) is 0.269. The van der Waals surface area contributed by atoms with E-state index in [9.17, 15) is 9.90 Å². The SMILES string of the molecule is O=C(NC1CCCCC1O)c1ccc(OC(c2ccc(Cl)cc2)c2ccccc2Cl)c(F)c1. The molecule has 3 aromatic rings. The lowest BCUT2D eigenvalue weighted by atomic mass is 9.92. The molecule has 0 bridgehead atoms. The number of aliphatic hydroxyl groups excluding tert-OH is 1. The summed E-state index contributed by atoms with van der Waals surface area (Å²) < 4.78 is 21.1. The van der Waals surface area contributed by atoms with Crippen LogP contribution in [0, 0.1) is 5.82 Å². The molecular formula is C26H24Cl2FNO3. The second-order valence-corrected chi connectivity index (χ2v) is 8.99. The largest absolute Gasteiger partial charge is 0.478 e. The number of ether oxygens (including phenoxy) is 1. The van der Waals surface area contributed by atoms with Crippen LogP contribution in [0.2, 0.25) is 10.0 Å². The number of halogens is 3. The van der Waals surface area contributed by atoms with E-state index in [0.717, 1.165) is 24.5 Å². The minimum absolute atomic E-state index is 0.0101. The molecule has 1 aliphatic rings. The molecule has 0 heterocycles. The van der Waals surface area contributed by atoms with E-state index in [2.05, 4.69) is 5.32 Å². The minimum atomic E-state index is -0.678. The lowest BCUT2D eigenvalue weighted by Gasteiger charge is -2.28. The first kappa shape index (κ1) is 23.6. The summed E-state index contributed by atoms with van der Waals surface area (Å²) in [4.78, 5) is 12.6. The summed E-state index contributed by atoms with van der Waals surface area (Å²) in [5, 5.41) is 14.0. The third kappa shape index (κ3) is 5.67. The standard InChI is InChI=1S/C26H24Cl2FNO3/c27-18-12-9-16(10-13-18)25(19-5-1-2-6-20(19)28)33-24-14-11-17(15-21(24)29)26(32)30-22-7-3-4-8-23(22)31/h1-2,5-6,9-15,22-23,25,31H,3-4,7-8H2,(H,30,32). The van der Waals surface area contributed by atoms with Crippen molar-refractivity contribution in [2.45, 2.75) is 43.9 Å². The molecule has 1 saturated carbocycles. The molecule has 4 nitrogen and oxygen atoms in total. The lowest BCUT2D eigenvalue weighted by Crippen LogP contribution is -2.45. The van der Waals surface area contributed by atoms with Crippen molar-refractivity contribution in [3.8, 4) is 5.75 Å². The highest BCUT2D eigenvalue weighted by Crippen LogP contribution is 2.34. The zero-order valence-corrected chi connectivity index (χ0v) is 19.3. The van der Waals surface area contributed by atoms with Crippen LogP contribution >= 0.6 is 23.2 Å². The zero-order valence-electron chi connectivity index (χ0n) is 17.8. The van der Waals surface area contributed by atoms with Gasteiger partial charge < -0.3 is 15.2 Å². The first-order valence-electron chi connectivity index (χ1n) is 10.9. The number of rotatable bonds is 6. The molecule has 4 rings (SSSR count). The highest BCUT2D eigenvalue weighted by atomic mass is 35.5. The second-order valence-electron chi connectivity index (χ2n) is 8.15. The molecule has 0 aromatic heterocycles. The molecule has 172 valence electrons. The van der Waals surface area contributed by atoms with Crippen LogP contribution in [0.1, 0.15) is 53.3 Å².